The van der Waals surface area contributed by atoms with Crippen LogP contribution in [0.15, 0.2) is 18.2 Å². The maximum atomic E-state index is 12.1. The van der Waals surface area contributed by atoms with Crippen LogP contribution in [0, 0.1) is 5.92 Å². The number of nitrogens with one attached hydrogen (secondary N) is 2. The van der Waals surface area contributed by atoms with Gasteiger partial charge in [0.1, 0.15) is 13.2 Å². The average molecular weight is 327 g/mol. The molecule has 1 atom stereocenters. The fourth-order valence-electron chi connectivity index (χ4n) is 2.85. The van der Waals surface area contributed by atoms with E-state index in [4.69, 9.17) is 9.47 Å². The predicted molar refractivity (Wildman–Crippen MR) is 87.2 cm³/mol. The van der Waals surface area contributed by atoms with E-state index in [1.807, 2.05) is 0 Å². The summed E-state index contributed by atoms with van der Waals surface area (Å²) in [6.45, 7) is 4.01. The number of hydrogen-bond donors (Lipinski definition) is 2. The SMILES string of the molecule is Cl.O=C(NCCC1CCCNC1)c1ccc2c(c1)OCCO2. The Labute approximate surface area is 137 Å². The zero-order valence-corrected chi connectivity index (χ0v) is 13.4. The number of rotatable bonds is 4. The van der Waals surface area contributed by atoms with Crippen molar-refractivity contribution in [1.82, 2.24) is 10.6 Å². The lowest BCUT2D eigenvalue weighted by Crippen LogP contribution is -2.33. The summed E-state index contributed by atoms with van der Waals surface area (Å²) in [5, 5.41) is 6.39. The molecule has 5 nitrogen and oxygen atoms in total. The van der Waals surface area contributed by atoms with Crippen molar-refractivity contribution in [3.05, 3.63) is 23.8 Å². The number of amides is 1. The van der Waals surface area contributed by atoms with E-state index >= 15 is 0 Å². The molecule has 2 aliphatic heterocycles. The van der Waals surface area contributed by atoms with Crippen molar-refractivity contribution in [3.8, 4) is 11.5 Å². The van der Waals surface area contributed by atoms with E-state index in [2.05, 4.69) is 10.6 Å². The summed E-state index contributed by atoms with van der Waals surface area (Å²) in [6, 6.07) is 5.34. The molecule has 1 aromatic carbocycles. The van der Waals surface area contributed by atoms with Gasteiger partial charge < -0.3 is 20.1 Å². The molecule has 2 aliphatic rings. The zero-order chi connectivity index (χ0) is 14.5. The highest BCUT2D eigenvalue weighted by Gasteiger charge is 2.16. The van der Waals surface area contributed by atoms with E-state index < -0.39 is 0 Å². The standard InChI is InChI=1S/C16H22N2O3.ClH/c19-16(18-7-5-12-2-1-6-17-11-12)13-3-4-14-15(10-13)21-9-8-20-14;/h3-4,10,12,17H,1-2,5-9,11H2,(H,18,19);1H. The summed E-state index contributed by atoms with van der Waals surface area (Å²) < 4.78 is 11.0. The van der Waals surface area contributed by atoms with Crippen LogP contribution in [-0.4, -0.2) is 38.8 Å². The minimum atomic E-state index is -0.0456. The first-order chi connectivity index (χ1) is 10.3. The number of piperidine rings is 1. The van der Waals surface area contributed by atoms with E-state index in [0.29, 0.717) is 36.2 Å². The molecule has 0 aromatic heterocycles. The number of ether oxygens (including phenoxy) is 2. The number of halogens is 1. The molecule has 6 heteroatoms. The highest BCUT2D eigenvalue weighted by molar-refractivity contribution is 5.94. The molecule has 1 unspecified atom stereocenters. The predicted octanol–water partition coefficient (Wildman–Crippen LogP) is 2.00. The molecule has 1 amide bonds. The largest absolute Gasteiger partial charge is 0.486 e. The van der Waals surface area contributed by atoms with Gasteiger partial charge in [0.05, 0.1) is 0 Å². The van der Waals surface area contributed by atoms with Gasteiger partial charge >= 0.3 is 0 Å². The summed E-state index contributed by atoms with van der Waals surface area (Å²) in [7, 11) is 0. The summed E-state index contributed by atoms with van der Waals surface area (Å²) in [4.78, 5) is 12.1. The van der Waals surface area contributed by atoms with Crippen LogP contribution in [0.25, 0.3) is 0 Å². The van der Waals surface area contributed by atoms with Crippen molar-refractivity contribution in [1.29, 1.82) is 0 Å². The van der Waals surface area contributed by atoms with Gasteiger partial charge in [-0.25, -0.2) is 0 Å². The van der Waals surface area contributed by atoms with Gasteiger partial charge in [-0.2, -0.15) is 0 Å². The van der Waals surface area contributed by atoms with Crippen LogP contribution in [0.2, 0.25) is 0 Å². The Morgan fingerprint density at radius 2 is 2.09 bits per heavy atom. The lowest BCUT2D eigenvalue weighted by molar-refractivity contribution is 0.0949. The van der Waals surface area contributed by atoms with Crippen molar-refractivity contribution in [2.24, 2.45) is 5.92 Å². The van der Waals surface area contributed by atoms with Gasteiger partial charge in [0.2, 0.25) is 0 Å². The maximum Gasteiger partial charge on any atom is 0.251 e. The van der Waals surface area contributed by atoms with Gasteiger partial charge in [0.15, 0.2) is 11.5 Å². The Bertz CT molecular complexity index is 504. The molecule has 2 N–H and O–H groups in total. The van der Waals surface area contributed by atoms with Crippen molar-refractivity contribution in [3.63, 3.8) is 0 Å². The zero-order valence-electron chi connectivity index (χ0n) is 12.6. The topological polar surface area (TPSA) is 59.6 Å². The molecule has 0 saturated carbocycles. The third-order valence-electron chi connectivity index (χ3n) is 4.04. The second-order valence-corrected chi connectivity index (χ2v) is 5.62. The van der Waals surface area contributed by atoms with Gasteiger partial charge in [-0.1, -0.05) is 0 Å². The molecule has 0 aliphatic carbocycles. The van der Waals surface area contributed by atoms with Crippen molar-refractivity contribution >= 4 is 18.3 Å². The smallest absolute Gasteiger partial charge is 0.251 e. The first-order valence-electron chi connectivity index (χ1n) is 7.71. The minimum absolute atomic E-state index is 0. The van der Waals surface area contributed by atoms with E-state index in [-0.39, 0.29) is 18.3 Å². The summed E-state index contributed by atoms with van der Waals surface area (Å²) >= 11 is 0. The van der Waals surface area contributed by atoms with Crippen LogP contribution in [-0.2, 0) is 0 Å². The second kappa shape index (κ2) is 8.25. The van der Waals surface area contributed by atoms with Crippen molar-refractivity contribution < 1.29 is 14.3 Å². The Morgan fingerprint density at radius 3 is 2.86 bits per heavy atom. The lowest BCUT2D eigenvalue weighted by Gasteiger charge is -2.22. The molecule has 0 bridgehead atoms. The Hall–Kier alpha value is -1.46. The molecular weight excluding hydrogens is 304 g/mol. The molecule has 0 radical (unpaired) electrons. The van der Waals surface area contributed by atoms with Crippen LogP contribution in [0.5, 0.6) is 11.5 Å². The van der Waals surface area contributed by atoms with Gasteiger partial charge in [-0.15, -0.1) is 12.4 Å². The summed E-state index contributed by atoms with van der Waals surface area (Å²) in [5.41, 5.74) is 0.626. The van der Waals surface area contributed by atoms with Gasteiger partial charge in [0.25, 0.3) is 5.91 Å². The number of benzene rings is 1. The van der Waals surface area contributed by atoms with Crippen molar-refractivity contribution in [2.75, 3.05) is 32.8 Å². The van der Waals surface area contributed by atoms with Gasteiger partial charge in [0, 0.05) is 12.1 Å². The Kier molecular flexibility index (Phi) is 6.34. The normalized spacial score (nSPS) is 19.9. The van der Waals surface area contributed by atoms with Crippen LogP contribution in [0.1, 0.15) is 29.6 Å². The molecule has 1 saturated heterocycles. The van der Waals surface area contributed by atoms with Crippen LogP contribution in [0.4, 0.5) is 0 Å². The minimum Gasteiger partial charge on any atom is -0.486 e. The molecule has 22 heavy (non-hydrogen) atoms. The Balaban J connectivity index is 0.00000176. The Morgan fingerprint density at radius 1 is 1.27 bits per heavy atom. The van der Waals surface area contributed by atoms with Gasteiger partial charge in [-0.05, 0) is 56.5 Å². The fraction of sp³-hybridized carbons (Fsp3) is 0.562. The number of hydrogen-bond acceptors (Lipinski definition) is 4. The third kappa shape index (κ3) is 4.27. The molecule has 2 heterocycles. The summed E-state index contributed by atoms with van der Waals surface area (Å²) in [6.07, 6.45) is 3.52. The first-order valence-corrected chi connectivity index (χ1v) is 7.71. The quantitative estimate of drug-likeness (QED) is 0.888. The molecule has 122 valence electrons. The molecule has 3 rings (SSSR count). The lowest BCUT2D eigenvalue weighted by atomic mass is 9.96. The third-order valence-corrected chi connectivity index (χ3v) is 4.04. The fourth-order valence-corrected chi connectivity index (χ4v) is 2.85. The molecule has 0 spiro atoms. The monoisotopic (exact) mass is 326 g/mol. The second-order valence-electron chi connectivity index (χ2n) is 5.62. The van der Waals surface area contributed by atoms with Crippen LogP contribution in [0.3, 0.4) is 0 Å². The van der Waals surface area contributed by atoms with E-state index in [1.165, 1.54) is 12.8 Å². The molecular formula is C16H23ClN2O3. The highest BCUT2D eigenvalue weighted by atomic mass is 35.5. The number of carbonyl (C=O) groups excluding carboxylic acids is 1. The van der Waals surface area contributed by atoms with E-state index in [1.54, 1.807) is 18.2 Å². The van der Waals surface area contributed by atoms with E-state index in [9.17, 15) is 4.79 Å². The first kappa shape index (κ1) is 16.9. The average Bonchev–Trinajstić information content (AvgIpc) is 2.55. The molecule has 1 aromatic rings. The van der Waals surface area contributed by atoms with Gasteiger partial charge in [-0.3, -0.25) is 4.79 Å². The number of fused-ring (bicyclic) bond motifs is 1. The summed E-state index contributed by atoms with van der Waals surface area (Å²) in [5.74, 6) is 2.01. The molecule has 1 fully saturated rings. The number of carbonyl (C=O) groups is 1. The van der Waals surface area contributed by atoms with Crippen LogP contribution < -0.4 is 20.1 Å². The van der Waals surface area contributed by atoms with E-state index in [0.717, 1.165) is 26.1 Å². The van der Waals surface area contributed by atoms with Crippen molar-refractivity contribution in [2.45, 2.75) is 19.3 Å². The van der Waals surface area contributed by atoms with Crippen LogP contribution >= 0.6 is 12.4 Å². The highest BCUT2D eigenvalue weighted by Crippen LogP contribution is 2.30. The maximum absolute atomic E-state index is 12.1.